The lowest BCUT2D eigenvalue weighted by molar-refractivity contribution is 0.331. The number of pyridine rings is 2. The molecule has 0 aromatic carbocycles. The molecule has 0 bridgehead atoms. The van der Waals surface area contributed by atoms with Gasteiger partial charge in [-0.15, -0.1) is 0 Å². The monoisotopic (exact) mass is 360 g/mol. The third kappa shape index (κ3) is 4.23. The highest BCUT2D eigenvalue weighted by Gasteiger charge is 2.15. The SMILES string of the molecule is C=C(NCc1cccnc1)c1n[nH]cc1-c1cncc(CN2CCCC2)c1. The van der Waals surface area contributed by atoms with Gasteiger partial charge in [0.15, 0.2) is 0 Å². The van der Waals surface area contributed by atoms with E-state index in [1.54, 1.807) is 6.20 Å². The second-order valence-electron chi connectivity index (χ2n) is 6.91. The number of H-pyrrole nitrogens is 1. The molecule has 0 spiro atoms. The van der Waals surface area contributed by atoms with Crippen molar-refractivity contribution in [1.29, 1.82) is 0 Å². The summed E-state index contributed by atoms with van der Waals surface area (Å²) in [6.45, 7) is 8.13. The van der Waals surface area contributed by atoms with Crippen LogP contribution < -0.4 is 5.32 Å². The number of hydrogen-bond donors (Lipinski definition) is 2. The van der Waals surface area contributed by atoms with Gasteiger partial charge >= 0.3 is 0 Å². The molecule has 3 aromatic rings. The Balaban J connectivity index is 1.48. The van der Waals surface area contributed by atoms with Crippen molar-refractivity contribution in [2.75, 3.05) is 13.1 Å². The van der Waals surface area contributed by atoms with Crippen LogP contribution in [0, 0.1) is 0 Å². The standard InChI is InChI=1S/C21H24N6/c1-16(24-12-17-5-4-6-22-10-17)21-20(14-25-26-21)19-9-18(11-23-13-19)15-27-7-2-3-8-27/h4-6,9-11,13-14,24H,1-3,7-8,12,15H2,(H,25,26). The van der Waals surface area contributed by atoms with Crippen LogP contribution >= 0.6 is 0 Å². The highest BCUT2D eigenvalue weighted by atomic mass is 15.1. The predicted molar refractivity (Wildman–Crippen MR) is 106 cm³/mol. The third-order valence-electron chi connectivity index (χ3n) is 4.87. The van der Waals surface area contributed by atoms with E-state index >= 15 is 0 Å². The van der Waals surface area contributed by atoms with Crippen LogP contribution in [0.5, 0.6) is 0 Å². The Hall–Kier alpha value is -2.99. The van der Waals surface area contributed by atoms with Gasteiger partial charge in [0.25, 0.3) is 0 Å². The number of rotatable bonds is 7. The number of nitrogens with zero attached hydrogens (tertiary/aromatic N) is 4. The lowest BCUT2D eigenvalue weighted by Crippen LogP contribution is -2.18. The second kappa shape index (κ2) is 8.14. The van der Waals surface area contributed by atoms with Crippen LogP contribution in [-0.4, -0.2) is 38.2 Å². The van der Waals surface area contributed by atoms with E-state index in [-0.39, 0.29) is 0 Å². The van der Waals surface area contributed by atoms with Crippen LogP contribution in [0.2, 0.25) is 0 Å². The van der Waals surface area contributed by atoms with Gasteiger partial charge in [0, 0.05) is 55.2 Å². The largest absolute Gasteiger partial charge is 0.380 e. The number of likely N-dealkylation sites (tertiary alicyclic amines) is 1. The highest BCUT2D eigenvalue weighted by Crippen LogP contribution is 2.26. The summed E-state index contributed by atoms with van der Waals surface area (Å²) in [7, 11) is 0. The van der Waals surface area contributed by atoms with Crippen LogP contribution in [0.1, 0.15) is 29.7 Å². The molecule has 0 aliphatic carbocycles. The van der Waals surface area contributed by atoms with E-state index in [2.05, 4.69) is 43.0 Å². The molecule has 3 aromatic heterocycles. The molecule has 1 aliphatic rings. The summed E-state index contributed by atoms with van der Waals surface area (Å²) in [6.07, 6.45) is 11.9. The molecule has 1 fully saturated rings. The van der Waals surface area contributed by atoms with Crippen LogP contribution in [0.3, 0.4) is 0 Å². The van der Waals surface area contributed by atoms with Gasteiger partial charge in [0.05, 0.1) is 5.70 Å². The second-order valence-corrected chi connectivity index (χ2v) is 6.91. The Labute approximate surface area is 159 Å². The molecular weight excluding hydrogens is 336 g/mol. The van der Waals surface area contributed by atoms with Crippen molar-refractivity contribution in [3.05, 3.63) is 72.6 Å². The lowest BCUT2D eigenvalue weighted by Gasteiger charge is -2.15. The number of aromatic amines is 1. The Kier molecular flexibility index (Phi) is 5.25. The fourth-order valence-electron chi connectivity index (χ4n) is 3.46. The molecule has 1 saturated heterocycles. The summed E-state index contributed by atoms with van der Waals surface area (Å²) in [6, 6.07) is 6.16. The van der Waals surface area contributed by atoms with Crippen LogP contribution in [0.25, 0.3) is 16.8 Å². The van der Waals surface area contributed by atoms with Gasteiger partial charge < -0.3 is 5.32 Å². The summed E-state index contributed by atoms with van der Waals surface area (Å²) in [4.78, 5) is 11.1. The topological polar surface area (TPSA) is 69.7 Å². The van der Waals surface area contributed by atoms with Crippen LogP contribution in [-0.2, 0) is 13.1 Å². The number of aromatic nitrogens is 4. The molecule has 0 radical (unpaired) electrons. The minimum atomic E-state index is 0.659. The summed E-state index contributed by atoms with van der Waals surface area (Å²) in [5.41, 5.74) is 5.99. The normalized spacial score (nSPS) is 14.4. The number of hydrogen-bond acceptors (Lipinski definition) is 5. The first-order valence-electron chi connectivity index (χ1n) is 9.32. The van der Waals surface area contributed by atoms with Crippen molar-refractivity contribution in [3.63, 3.8) is 0 Å². The zero-order valence-corrected chi connectivity index (χ0v) is 15.4. The summed E-state index contributed by atoms with van der Waals surface area (Å²) >= 11 is 0. The molecular formula is C21H24N6. The van der Waals surface area contributed by atoms with Gasteiger partial charge in [-0.1, -0.05) is 12.6 Å². The van der Waals surface area contributed by atoms with E-state index in [9.17, 15) is 0 Å². The highest BCUT2D eigenvalue weighted by molar-refractivity contribution is 5.76. The van der Waals surface area contributed by atoms with Gasteiger partial charge in [0.2, 0.25) is 0 Å². The van der Waals surface area contributed by atoms with Gasteiger partial charge in [-0.3, -0.25) is 20.0 Å². The maximum absolute atomic E-state index is 4.45. The van der Waals surface area contributed by atoms with Crippen LogP contribution in [0.4, 0.5) is 0 Å². The summed E-state index contributed by atoms with van der Waals surface area (Å²) in [5, 5.41) is 10.7. The third-order valence-corrected chi connectivity index (χ3v) is 4.87. The average Bonchev–Trinajstić information content (AvgIpc) is 3.39. The Morgan fingerprint density at radius 3 is 2.81 bits per heavy atom. The molecule has 6 heteroatoms. The molecule has 4 rings (SSSR count). The molecule has 0 atom stereocenters. The van der Waals surface area contributed by atoms with Crippen molar-refractivity contribution in [2.45, 2.75) is 25.9 Å². The van der Waals surface area contributed by atoms with E-state index in [1.165, 1.54) is 31.5 Å². The first kappa shape index (κ1) is 17.4. The zero-order valence-electron chi connectivity index (χ0n) is 15.4. The van der Waals surface area contributed by atoms with Crippen molar-refractivity contribution in [1.82, 2.24) is 30.4 Å². The zero-order chi connectivity index (χ0) is 18.5. The molecule has 6 nitrogen and oxygen atoms in total. The fraction of sp³-hybridized carbons (Fsp3) is 0.286. The summed E-state index contributed by atoms with van der Waals surface area (Å²) < 4.78 is 0. The Morgan fingerprint density at radius 2 is 2.00 bits per heavy atom. The fourth-order valence-corrected chi connectivity index (χ4v) is 3.46. The van der Waals surface area contributed by atoms with E-state index in [4.69, 9.17) is 0 Å². The minimum absolute atomic E-state index is 0.659. The van der Waals surface area contributed by atoms with Crippen molar-refractivity contribution < 1.29 is 0 Å². The molecule has 0 amide bonds. The Bertz CT molecular complexity index is 896. The van der Waals surface area contributed by atoms with E-state index in [0.717, 1.165) is 34.6 Å². The molecule has 4 heterocycles. The van der Waals surface area contributed by atoms with E-state index < -0.39 is 0 Å². The predicted octanol–water partition coefficient (Wildman–Crippen LogP) is 3.22. The Morgan fingerprint density at radius 1 is 1.15 bits per heavy atom. The average molecular weight is 360 g/mol. The first-order valence-corrected chi connectivity index (χ1v) is 9.32. The lowest BCUT2D eigenvalue weighted by atomic mass is 10.1. The van der Waals surface area contributed by atoms with Gasteiger partial charge in [-0.05, 0) is 49.2 Å². The van der Waals surface area contributed by atoms with Crippen molar-refractivity contribution in [3.8, 4) is 11.1 Å². The molecule has 0 unspecified atom stereocenters. The maximum Gasteiger partial charge on any atom is 0.115 e. The first-order chi connectivity index (χ1) is 13.3. The quantitative estimate of drug-likeness (QED) is 0.677. The minimum Gasteiger partial charge on any atom is -0.380 e. The molecule has 27 heavy (non-hydrogen) atoms. The van der Waals surface area contributed by atoms with Gasteiger partial charge in [0.1, 0.15) is 5.69 Å². The van der Waals surface area contributed by atoms with Crippen LogP contribution in [0.15, 0.2) is 55.8 Å². The number of nitrogens with one attached hydrogen (secondary N) is 2. The van der Waals surface area contributed by atoms with E-state index in [1.807, 2.05) is 36.9 Å². The molecule has 1 aliphatic heterocycles. The molecule has 2 N–H and O–H groups in total. The van der Waals surface area contributed by atoms with Crippen molar-refractivity contribution in [2.24, 2.45) is 0 Å². The maximum atomic E-state index is 4.45. The summed E-state index contributed by atoms with van der Waals surface area (Å²) in [5.74, 6) is 0. The molecule has 0 saturated carbocycles. The van der Waals surface area contributed by atoms with Crippen molar-refractivity contribution >= 4 is 5.70 Å². The van der Waals surface area contributed by atoms with E-state index in [0.29, 0.717) is 6.54 Å². The van der Waals surface area contributed by atoms with Gasteiger partial charge in [-0.2, -0.15) is 5.10 Å². The van der Waals surface area contributed by atoms with Gasteiger partial charge in [-0.25, -0.2) is 0 Å². The smallest absolute Gasteiger partial charge is 0.115 e. The molecule has 138 valence electrons.